The quantitative estimate of drug-likeness (QED) is 0.509. The molecule has 0 unspecified atom stereocenters. The Kier molecular flexibility index (Phi) is 5.03. The van der Waals surface area contributed by atoms with Gasteiger partial charge in [-0.15, -0.1) is 0 Å². The number of para-hydroxylation sites is 1. The molecule has 0 bridgehead atoms. The highest BCUT2D eigenvalue weighted by Gasteiger charge is 2.11. The van der Waals surface area contributed by atoms with Crippen LogP contribution in [0.3, 0.4) is 0 Å². The van der Waals surface area contributed by atoms with Crippen molar-refractivity contribution in [2.75, 3.05) is 5.32 Å². The maximum Gasteiger partial charge on any atom is 0.260 e. The summed E-state index contributed by atoms with van der Waals surface area (Å²) in [6.45, 7) is 1.40. The number of allylic oxidation sites excluding steroid dienone is 1. The number of halogens is 1. The van der Waals surface area contributed by atoms with Gasteiger partial charge in [-0.25, -0.2) is 4.39 Å². The number of amides is 1. The summed E-state index contributed by atoms with van der Waals surface area (Å²) in [4.78, 5) is 16.2. The second-order valence-electron chi connectivity index (χ2n) is 4.55. The van der Waals surface area contributed by atoms with E-state index < -0.39 is 5.91 Å². The highest BCUT2D eigenvalue weighted by Crippen LogP contribution is 2.13. The van der Waals surface area contributed by atoms with E-state index in [-0.39, 0.29) is 17.1 Å². The molecule has 0 saturated carbocycles. The van der Waals surface area contributed by atoms with Crippen LogP contribution in [0.25, 0.3) is 0 Å². The molecule has 0 atom stereocenters. The van der Waals surface area contributed by atoms with Crippen LogP contribution in [0, 0.1) is 5.82 Å². The molecule has 2 aromatic carbocycles. The first-order chi connectivity index (χ1) is 10.6. The van der Waals surface area contributed by atoms with Gasteiger partial charge in [0.25, 0.3) is 5.91 Å². The normalized spacial score (nSPS) is 12.1. The summed E-state index contributed by atoms with van der Waals surface area (Å²) in [5.41, 5.74) is 1.13. The first-order valence-electron chi connectivity index (χ1n) is 6.62. The Hall–Kier alpha value is -2.95. The van der Waals surface area contributed by atoms with Gasteiger partial charge in [0.2, 0.25) is 0 Å². The number of rotatable bonds is 4. The minimum Gasteiger partial charge on any atom is -0.512 e. The van der Waals surface area contributed by atoms with Crippen LogP contribution in [-0.4, -0.2) is 17.2 Å². The van der Waals surface area contributed by atoms with Gasteiger partial charge in [-0.3, -0.25) is 9.79 Å². The Morgan fingerprint density at radius 3 is 2.36 bits per heavy atom. The summed E-state index contributed by atoms with van der Waals surface area (Å²) in [6.07, 6.45) is 1.25. The molecule has 0 aliphatic heterocycles. The minimum absolute atomic E-state index is 0.0354. The Morgan fingerprint density at radius 1 is 1.14 bits per heavy atom. The number of hydrogen-bond acceptors (Lipinski definition) is 3. The summed E-state index contributed by atoms with van der Waals surface area (Å²) in [5.74, 6) is -0.994. The Morgan fingerprint density at radius 2 is 1.77 bits per heavy atom. The molecule has 2 rings (SSSR count). The lowest BCUT2D eigenvalue weighted by molar-refractivity contribution is -0.112. The summed E-state index contributed by atoms with van der Waals surface area (Å²) >= 11 is 0. The van der Waals surface area contributed by atoms with Crippen LogP contribution in [0.5, 0.6) is 0 Å². The van der Waals surface area contributed by atoms with E-state index >= 15 is 0 Å². The number of nitrogens with one attached hydrogen (secondary N) is 1. The number of aliphatic imine (C=N–C) groups is 1. The Bertz CT molecular complexity index is 703. The molecule has 112 valence electrons. The summed E-state index contributed by atoms with van der Waals surface area (Å²) in [6, 6.07) is 14.4. The molecule has 4 nitrogen and oxygen atoms in total. The van der Waals surface area contributed by atoms with Gasteiger partial charge in [0.05, 0.1) is 11.3 Å². The zero-order valence-corrected chi connectivity index (χ0v) is 12.0. The third-order valence-electron chi connectivity index (χ3n) is 2.84. The van der Waals surface area contributed by atoms with Gasteiger partial charge in [0.15, 0.2) is 0 Å². The zero-order chi connectivity index (χ0) is 15.9. The molecule has 1 amide bonds. The Labute approximate surface area is 127 Å². The molecular weight excluding hydrogens is 283 g/mol. The monoisotopic (exact) mass is 298 g/mol. The molecule has 0 aliphatic carbocycles. The fourth-order valence-electron chi connectivity index (χ4n) is 1.70. The second-order valence-corrected chi connectivity index (χ2v) is 4.55. The summed E-state index contributed by atoms with van der Waals surface area (Å²) in [5, 5.41) is 12.3. The lowest BCUT2D eigenvalue weighted by atomic mass is 10.2. The van der Waals surface area contributed by atoms with Crippen LogP contribution < -0.4 is 5.32 Å². The molecule has 2 aromatic rings. The van der Waals surface area contributed by atoms with Crippen molar-refractivity contribution in [2.24, 2.45) is 4.99 Å². The van der Waals surface area contributed by atoms with Gasteiger partial charge >= 0.3 is 0 Å². The lowest BCUT2D eigenvalue weighted by Gasteiger charge is -2.06. The van der Waals surface area contributed by atoms with Crippen molar-refractivity contribution in [2.45, 2.75) is 6.92 Å². The number of carbonyl (C=O) groups excluding carboxylic acids is 1. The molecule has 0 saturated heterocycles. The number of hydrogen-bond donors (Lipinski definition) is 2. The van der Waals surface area contributed by atoms with Gasteiger partial charge in [0.1, 0.15) is 11.6 Å². The number of aliphatic hydroxyl groups excluding tert-OH is 1. The van der Waals surface area contributed by atoms with Crippen LogP contribution in [0.2, 0.25) is 0 Å². The van der Waals surface area contributed by atoms with Crippen molar-refractivity contribution in [1.29, 1.82) is 0 Å². The van der Waals surface area contributed by atoms with Gasteiger partial charge in [-0.1, -0.05) is 18.2 Å². The largest absolute Gasteiger partial charge is 0.512 e. The molecule has 0 radical (unpaired) electrons. The first kappa shape index (κ1) is 15.4. The third kappa shape index (κ3) is 4.28. The van der Waals surface area contributed by atoms with Gasteiger partial charge in [0, 0.05) is 11.9 Å². The topological polar surface area (TPSA) is 61.7 Å². The average Bonchev–Trinajstić information content (AvgIpc) is 2.50. The molecule has 0 spiro atoms. The van der Waals surface area contributed by atoms with Crippen molar-refractivity contribution >= 4 is 23.5 Å². The smallest absolute Gasteiger partial charge is 0.260 e. The van der Waals surface area contributed by atoms with E-state index in [2.05, 4.69) is 10.3 Å². The van der Waals surface area contributed by atoms with Crippen LogP contribution in [0.15, 0.2) is 70.9 Å². The van der Waals surface area contributed by atoms with Gasteiger partial charge in [-0.2, -0.15) is 0 Å². The second kappa shape index (κ2) is 7.17. The molecule has 5 heteroatoms. The fraction of sp³-hybridized carbons (Fsp3) is 0.0588. The fourth-order valence-corrected chi connectivity index (χ4v) is 1.70. The van der Waals surface area contributed by atoms with E-state index in [1.165, 1.54) is 37.4 Å². The van der Waals surface area contributed by atoms with Gasteiger partial charge in [-0.05, 0) is 43.3 Å². The molecule has 0 aliphatic rings. The van der Waals surface area contributed by atoms with Gasteiger partial charge < -0.3 is 10.4 Å². The Balaban J connectivity index is 2.15. The van der Waals surface area contributed by atoms with E-state index in [1.807, 2.05) is 6.07 Å². The summed E-state index contributed by atoms with van der Waals surface area (Å²) in [7, 11) is 0. The molecule has 0 aromatic heterocycles. The van der Waals surface area contributed by atoms with E-state index in [4.69, 9.17) is 0 Å². The zero-order valence-electron chi connectivity index (χ0n) is 12.0. The van der Waals surface area contributed by atoms with Crippen molar-refractivity contribution in [3.05, 3.63) is 71.7 Å². The number of nitrogens with zero attached hydrogens (tertiary/aromatic N) is 1. The molecular formula is C17H15FN2O2. The van der Waals surface area contributed by atoms with E-state index in [1.54, 1.807) is 24.3 Å². The van der Waals surface area contributed by atoms with Crippen molar-refractivity contribution in [3.8, 4) is 0 Å². The SMILES string of the molecule is CC(O)=C(C=Nc1ccc(F)cc1)C(=O)Nc1ccccc1. The van der Waals surface area contributed by atoms with Crippen LogP contribution >= 0.6 is 0 Å². The molecule has 0 fully saturated rings. The summed E-state index contributed by atoms with van der Waals surface area (Å²) < 4.78 is 12.8. The standard InChI is InChI=1S/C17H15FN2O2/c1-12(21)16(11-19-14-9-7-13(18)8-10-14)17(22)20-15-5-3-2-4-6-15/h2-11,21H,1H3,(H,20,22). The third-order valence-corrected chi connectivity index (χ3v) is 2.84. The predicted molar refractivity (Wildman–Crippen MR) is 85.0 cm³/mol. The molecule has 2 N–H and O–H groups in total. The lowest BCUT2D eigenvalue weighted by Crippen LogP contribution is -2.16. The minimum atomic E-state index is -0.475. The van der Waals surface area contributed by atoms with E-state index in [9.17, 15) is 14.3 Å². The molecule has 0 heterocycles. The van der Waals surface area contributed by atoms with Crippen molar-refractivity contribution < 1.29 is 14.3 Å². The highest BCUT2D eigenvalue weighted by atomic mass is 19.1. The van der Waals surface area contributed by atoms with E-state index in [0.29, 0.717) is 11.4 Å². The van der Waals surface area contributed by atoms with Crippen molar-refractivity contribution in [3.63, 3.8) is 0 Å². The van der Waals surface area contributed by atoms with Crippen LogP contribution in [-0.2, 0) is 4.79 Å². The van der Waals surface area contributed by atoms with Crippen LogP contribution in [0.4, 0.5) is 15.8 Å². The van der Waals surface area contributed by atoms with Crippen molar-refractivity contribution in [1.82, 2.24) is 0 Å². The number of benzene rings is 2. The number of anilines is 1. The average molecular weight is 298 g/mol. The predicted octanol–water partition coefficient (Wildman–Crippen LogP) is 4.00. The first-order valence-corrected chi connectivity index (χ1v) is 6.62. The van der Waals surface area contributed by atoms with Crippen LogP contribution in [0.1, 0.15) is 6.92 Å². The van der Waals surface area contributed by atoms with E-state index in [0.717, 1.165) is 0 Å². The number of carbonyl (C=O) groups is 1. The maximum absolute atomic E-state index is 12.8. The maximum atomic E-state index is 12.8. The number of aliphatic hydroxyl groups is 1. The molecule has 22 heavy (non-hydrogen) atoms. The highest BCUT2D eigenvalue weighted by molar-refractivity contribution is 6.18.